The number of nitrogens with one attached hydrogen (secondary N) is 2. The lowest BCUT2D eigenvalue weighted by Gasteiger charge is -2.14. The van der Waals surface area contributed by atoms with E-state index in [1.54, 1.807) is 30.9 Å². The lowest BCUT2D eigenvalue weighted by molar-refractivity contribution is 0.557. The van der Waals surface area contributed by atoms with Crippen LogP contribution in [0.2, 0.25) is 5.02 Å². The van der Waals surface area contributed by atoms with Gasteiger partial charge in [0.05, 0.1) is 4.90 Å². The van der Waals surface area contributed by atoms with Gasteiger partial charge in [0.2, 0.25) is 10.0 Å². The third kappa shape index (κ3) is 5.26. The van der Waals surface area contributed by atoms with E-state index >= 15 is 0 Å². The topological polar surface area (TPSA) is 58.2 Å². The van der Waals surface area contributed by atoms with Gasteiger partial charge in [0.25, 0.3) is 0 Å². The van der Waals surface area contributed by atoms with Gasteiger partial charge < -0.3 is 5.32 Å². The monoisotopic (exact) mass is 336 g/mol. The van der Waals surface area contributed by atoms with Gasteiger partial charge >= 0.3 is 0 Å². The standard InChI is InChI=1S/C13H21ClN2O2S2/c1-10(6-7-19-3)16-20(17,18)12-4-5-13(14)11(8-12)9-15-2/h4-5,8,10,15-16H,6-7,9H2,1-3H3. The van der Waals surface area contributed by atoms with Crippen molar-refractivity contribution in [2.75, 3.05) is 19.1 Å². The second-order valence-corrected chi connectivity index (χ2v) is 7.69. The van der Waals surface area contributed by atoms with E-state index in [4.69, 9.17) is 11.6 Å². The van der Waals surface area contributed by atoms with Gasteiger partial charge in [-0.15, -0.1) is 0 Å². The average molecular weight is 337 g/mol. The summed E-state index contributed by atoms with van der Waals surface area (Å²) < 4.78 is 27.3. The van der Waals surface area contributed by atoms with Crippen molar-refractivity contribution in [1.82, 2.24) is 10.0 Å². The maximum absolute atomic E-state index is 12.3. The Balaban J connectivity index is 2.89. The molecule has 1 aromatic rings. The summed E-state index contributed by atoms with van der Waals surface area (Å²) in [6.45, 7) is 2.41. The highest BCUT2D eigenvalue weighted by Crippen LogP contribution is 2.20. The summed E-state index contributed by atoms with van der Waals surface area (Å²) in [4.78, 5) is 0.253. The van der Waals surface area contributed by atoms with E-state index < -0.39 is 10.0 Å². The molecule has 7 heteroatoms. The minimum Gasteiger partial charge on any atom is -0.316 e. The van der Waals surface area contributed by atoms with E-state index in [1.165, 1.54) is 6.07 Å². The predicted octanol–water partition coefficient (Wildman–Crippen LogP) is 2.48. The summed E-state index contributed by atoms with van der Waals surface area (Å²) in [6.07, 6.45) is 2.81. The molecule has 0 aliphatic carbocycles. The summed E-state index contributed by atoms with van der Waals surface area (Å²) in [6, 6.07) is 4.68. The second kappa shape index (κ2) is 8.24. The van der Waals surface area contributed by atoms with Crippen molar-refractivity contribution in [3.8, 4) is 0 Å². The number of halogens is 1. The van der Waals surface area contributed by atoms with Crippen LogP contribution in [0.4, 0.5) is 0 Å². The zero-order valence-electron chi connectivity index (χ0n) is 11.9. The molecule has 1 aromatic carbocycles. The first-order valence-electron chi connectivity index (χ1n) is 6.35. The largest absolute Gasteiger partial charge is 0.316 e. The Morgan fingerprint density at radius 3 is 2.70 bits per heavy atom. The Morgan fingerprint density at radius 2 is 2.10 bits per heavy atom. The summed E-state index contributed by atoms with van der Waals surface area (Å²) in [7, 11) is -1.70. The smallest absolute Gasteiger partial charge is 0.240 e. The van der Waals surface area contributed by atoms with E-state index in [9.17, 15) is 8.42 Å². The second-order valence-electron chi connectivity index (χ2n) is 4.59. The van der Waals surface area contributed by atoms with Crippen molar-refractivity contribution in [1.29, 1.82) is 0 Å². The molecule has 1 rings (SSSR count). The van der Waals surface area contributed by atoms with Crippen molar-refractivity contribution < 1.29 is 8.42 Å². The minimum atomic E-state index is -3.49. The quantitative estimate of drug-likeness (QED) is 0.765. The summed E-state index contributed by atoms with van der Waals surface area (Å²) in [5, 5.41) is 3.53. The van der Waals surface area contributed by atoms with Crippen molar-refractivity contribution in [2.45, 2.75) is 30.8 Å². The lowest BCUT2D eigenvalue weighted by atomic mass is 10.2. The molecule has 0 bridgehead atoms. The molecule has 0 aliphatic rings. The molecule has 0 heterocycles. The van der Waals surface area contributed by atoms with Crippen LogP contribution in [-0.4, -0.2) is 33.5 Å². The molecule has 0 amide bonds. The first-order valence-corrected chi connectivity index (χ1v) is 9.60. The minimum absolute atomic E-state index is 0.0871. The molecule has 1 unspecified atom stereocenters. The van der Waals surface area contributed by atoms with Crippen LogP contribution < -0.4 is 10.0 Å². The van der Waals surface area contributed by atoms with Crippen LogP contribution in [0.15, 0.2) is 23.1 Å². The zero-order chi connectivity index (χ0) is 15.2. The van der Waals surface area contributed by atoms with Gasteiger partial charge in [-0.2, -0.15) is 11.8 Å². The fraction of sp³-hybridized carbons (Fsp3) is 0.538. The molecule has 4 nitrogen and oxygen atoms in total. The van der Waals surface area contributed by atoms with Crippen LogP contribution in [0.5, 0.6) is 0 Å². The van der Waals surface area contributed by atoms with Crippen LogP contribution in [0, 0.1) is 0 Å². The van der Waals surface area contributed by atoms with Crippen LogP contribution in [-0.2, 0) is 16.6 Å². The van der Waals surface area contributed by atoms with Gasteiger partial charge in [0.1, 0.15) is 0 Å². The van der Waals surface area contributed by atoms with Crippen molar-refractivity contribution >= 4 is 33.4 Å². The number of hydrogen-bond acceptors (Lipinski definition) is 4. The molecular weight excluding hydrogens is 316 g/mol. The normalized spacial score (nSPS) is 13.4. The number of benzene rings is 1. The van der Waals surface area contributed by atoms with E-state index in [2.05, 4.69) is 10.0 Å². The van der Waals surface area contributed by atoms with Gasteiger partial charge in [0, 0.05) is 17.6 Å². The van der Waals surface area contributed by atoms with E-state index in [1.807, 2.05) is 13.2 Å². The summed E-state index contributed by atoms with van der Waals surface area (Å²) in [5.74, 6) is 0.926. The third-order valence-corrected chi connectivity index (χ3v) is 5.41. The fourth-order valence-electron chi connectivity index (χ4n) is 1.73. The first kappa shape index (κ1) is 17.8. The molecule has 0 aromatic heterocycles. The van der Waals surface area contributed by atoms with Crippen LogP contribution in [0.1, 0.15) is 18.9 Å². The molecular formula is C13H21ClN2O2S2. The van der Waals surface area contributed by atoms with Gasteiger partial charge in [-0.3, -0.25) is 0 Å². The summed E-state index contributed by atoms with van der Waals surface area (Å²) >= 11 is 7.74. The van der Waals surface area contributed by atoms with Crippen molar-refractivity contribution in [3.05, 3.63) is 28.8 Å². The third-order valence-electron chi connectivity index (χ3n) is 2.81. The first-order chi connectivity index (χ1) is 9.40. The highest BCUT2D eigenvalue weighted by atomic mass is 35.5. The Hall–Kier alpha value is -0.270. The number of sulfonamides is 1. The molecule has 0 saturated carbocycles. The van der Waals surface area contributed by atoms with E-state index in [-0.39, 0.29) is 10.9 Å². The Labute approximate surface area is 130 Å². The molecule has 0 fully saturated rings. The lowest BCUT2D eigenvalue weighted by Crippen LogP contribution is -2.33. The van der Waals surface area contributed by atoms with Crippen LogP contribution in [0.25, 0.3) is 0 Å². The van der Waals surface area contributed by atoms with Gasteiger partial charge in [-0.05, 0) is 56.2 Å². The molecule has 114 valence electrons. The number of thioether (sulfide) groups is 1. The predicted molar refractivity (Wildman–Crippen MR) is 87.0 cm³/mol. The number of hydrogen-bond donors (Lipinski definition) is 2. The highest BCUT2D eigenvalue weighted by Gasteiger charge is 2.18. The zero-order valence-corrected chi connectivity index (χ0v) is 14.3. The van der Waals surface area contributed by atoms with Crippen LogP contribution in [0.3, 0.4) is 0 Å². The average Bonchev–Trinajstić information content (AvgIpc) is 2.38. The molecule has 0 spiro atoms. The molecule has 20 heavy (non-hydrogen) atoms. The van der Waals surface area contributed by atoms with E-state index in [0.29, 0.717) is 11.6 Å². The molecule has 0 saturated heterocycles. The molecule has 2 N–H and O–H groups in total. The SMILES string of the molecule is CNCc1cc(S(=O)(=O)NC(C)CCSC)ccc1Cl. The molecule has 0 radical (unpaired) electrons. The molecule has 1 atom stereocenters. The number of rotatable bonds is 8. The van der Waals surface area contributed by atoms with E-state index in [0.717, 1.165) is 17.7 Å². The van der Waals surface area contributed by atoms with Crippen molar-refractivity contribution in [3.63, 3.8) is 0 Å². The summed E-state index contributed by atoms with van der Waals surface area (Å²) in [5.41, 5.74) is 0.772. The van der Waals surface area contributed by atoms with Crippen LogP contribution >= 0.6 is 23.4 Å². The fourth-order valence-corrected chi connectivity index (χ4v) is 3.83. The van der Waals surface area contributed by atoms with Gasteiger partial charge in [-0.25, -0.2) is 13.1 Å². The Kier molecular flexibility index (Phi) is 7.33. The van der Waals surface area contributed by atoms with Crippen molar-refractivity contribution in [2.24, 2.45) is 0 Å². The maximum atomic E-state index is 12.3. The van der Waals surface area contributed by atoms with Gasteiger partial charge in [0.15, 0.2) is 0 Å². The Bertz CT molecular complexity index is 535. The molecule has 0 aliphatic heterocycles. The Morgan fingerprint density at radius 1 is 1.40 bits per heavy atom. The maximum Gasteiger partial charge on any atom is 0.240 e. The highest BCUT2D eigenvalue weighted by molar-refractivity contribution is 7.98. The van der Waals surface area contributed by atoms with Gasteiger partial charge in [-0.1, -0.05) is 11.6 Å².